The summed E-state index contributed by atoms with van der Waals surface area (Å²) in [4.78, 5) is 0. The first-order valence-electron chi connectivity index (χ1n) is 5.31. The van der Waals surface area contributed by atoms with Crippen LogP contribution in [0, 0.1) is 0 Å². The first kappa shape index (κ1) is 11.3. The minimum absolute atomic E-state index is 0.184. The second-order valence-electron chi connectivity index (χ2n) is 4.89. The Kier molecular flexibility index (Phi) is 3.33. The fourth-order valence-electron chi connectivity index (χ4n) is 1.47. The Bertz CT molecular complexity index is 279. The van der Waals surface area contributed by atoms with Crippen molar-refractivity contribution in [3.8, 4) is 0 Å². The van der Waals surface area contributed by atoms with Crippen molar-refractivity contribution in [1.29, 1.82) is 0 Å². The molecule has 78 valence electrons. The first-order valence-corrected chi connectivity index (χ1v) is 5.31. The Hall–Kier alpha value is -0.820. The molecular weight excluding hydrogens is 170 g/mol. The highest BCUT2D eigenvalue weighted by Crippen LogP contribution is 2.23. The molecule has 0 amide bonds. The molecule has 1 aromatic rings. The monoisotopic (exact) mass is 191 g/mol. The molecule has 0 aliphatic rings. The van der Waals surface area contributed by atoms with Crippen molar-refractivity contribution in [2.45, 2.75) is 45.6 Å². The highest BCUT2D eigenvalue weighted by molar-refractivity contribution is 5.28. The van der Waals surface area contributed by atoms with Gasteiger partial charge in [0.1, 0.15) is 0 Å². The number of benzene rings is 1. The highest BCUT2D eigenvalue weighted by Gasteiger charge is 2.13. The molecule has 1 heteroatoms. The summed E-state index contributed by atoms with van der Waals surface area (Å²) in [5, 5.41) is 0. The smallest absolute Gasteiger partial charge is 0.0292 e. The van der Waals surface area contributed by atoms with Crippen molar-refractivity contribution in [2.75, 3.05) is 0 Å². The van der Waals surface area contributed by atoms with Gasteiger partial charge in [0.25, 0.3) is 0 Å². The summed E-state index contributed by atoms with van der Waals surface area (Å²) in [6, 6.07) is 8.85. The Morgan fingerprint density at radius 1 is 1.14 bits per heavy atom. The van der Waals surface area contributed by atoms with Crippen molar-refractivity contribution in [3.05, 3.63) is 35.4 Å². The molecule has 2 N–H and O–H groups in total. The molecule has 0 bridgehead atoms. The third-order valence-corrected chi connectivity index (χ3v) is 2.64. The number of nitrogens with two attached hydrogens (primary N) is 1. The van der Waals surface area contributed by atoms with Gasteiger partial charge in [0.05, 0.1) is 0 Å². The molecule has 0 aromatic heterocycles. The quantitative estimate of drug-likeness (QED) is 0.762. The van der Waals surface area contributed by atoms with Crippen LogP contribution in [0.5, 0.6) is 0 Å². The molecule has 0 unspecified atom stereocenters. The minimum Gasteiger partial charge on any atom is -0.324 e. The van der Waals surface area contributed by atoms with Gasteiger partial charge in [-0.25, -0.2) is 0 Å². The summed E-state index contributed by atoms with van der Waals surface area (Å²) in [6.07, 6.45) is 0.995. The average Bonchev–Trinajstić information content (AvgIpc) is 2.15. The predicted molar refractivity (Wildman–Crippen MR) is 62.4 cm³/mol. The minimum atomic E-state index is 0.184. The largest absolute Gasteiger partial charge is 0.324 e. The molecule has 0 aliphatic heterocycles. The van der Waals surface area contributed by atoms with Gasteiger partial charge < -0.3 is 5.73 Å². The Morgan fingerprint density at radius 2 is 1.64 bits per heavy atom. The van der Waals surface area contributed by atoms with Crippen LogP contribution < -0.4 is 5.73 Å². The second kappa shape index (κ2) is 4.14. The Labute approximate surface area is 87.3 Å². The van der Waals surface area contributed by atoms with E-state index in [-0.39, 0.29) is 11.5 Å². The Balaban J connectivity index is 2.89. The van der Waals surface area contributed by atoms with E-state index in [0.29, 0.717) is 0 Å². The lowest BCUT2D eigenvalue weighted by atomic mass is 9.86. The molecule has 1 rings (SSSR count). The fraction of sp³-hybridized carbons (Fsp3) is 0.538. The summed E-state index contributed by atoms with van der Waals surface area (Å²) < 4.78 is 0. The zero-order valence-electron chi connectivity index (χ0n) is 9.67. The molecule has 1 aromatic carbocycles. The maximum atomic E-state index is 5.95. The third-order valence-electron chi connectivity index (χ3n) is 2.64. The summed E-state index contributed by atoms with van der Waals surface area (Å²) >= 11 is 0. The molecule has 0 heterocycles. The van der Waals surface area contributed by atoms with Gasteiger partial charge in [-0.2, -0.15) is 0 Å². The molecular formula is C13H21N. The van der Waals surface area contributed by atoms with Crippen LogP contribution in [0.15, 0.2) is 24.3 Å². The van der Waals surface area contributed by atoms with Crippen LogP contribution in [0.3, 0.4) is 0 Å². The summed E-state index contributed by atoms with van der Waals surface area (Å²) in [7, 11) is 0. The maximum Gasteiger partial charge on any atom is 0.0292 e. The van der Waals surface area contributed by atoms with Gasteiger partial charge in [0.2, 0.25) is 0 Å². The second-order valence-corrected chi connectivity index (χ2v) is 4.89. The molecule has 14 heavy (non-hydrogen) atoms. The van der Waals surface area contributed by atoms with E-state index in [2.05, 4.69) is 52.0 Å². The average molecular weight is 191 g/mol. The van der Waals surface area contributed by atoms with Crippen LogP contribution in [0.4, 0.5) is 0 Å². The van der Waals surface area contributed by atoms with Gasteiger partial charge in [0, 0.05) is 6.04 Å². The summed E-state index contributed by atoms with van der Waals surface area (Å²) in [5.74, 6) is 0. The number of hydrogen-bond acceptors (Lipinski definition) is 1. The van der Waals surface area contributed by atoms with Gasteiger partial charge in [-0.1, -0.05) is 52.0 Å². The van der Waals surface area contributed by atoms with Gasteiger partial charge in [-0.15, -0.1) is 0 Å². The first-order chi connectivity index (χ1) is 6.45. The maximum absolute atomic E-state index is 5.95. The van der Waals surface area contributed by atoms with E-state index in [1.807, 2.05) is 0 Å². The topological polar surface area (TPSA) is 26.0 Å². The van der Waals surface area contributed by atoms with Gasteiger partial charge in [0.15, 0.2) is 0 Å². The number of rotatable bonds is 2. The SMILES string of the molecule is CC[C@H](N)c1ccc(C(C)(C)C)cc1. The van der Waals surface area contributed by atoms with Crippen molar-refractivity contribution in [1.82, 2.24) is 0 Å². The van der Waals surface area contributed by atoms with Crippen molar-refractivity contribution < 1.29 is 0 Å². The van der Waals surface area contributed by atoms with Crippen LogP contribution in [0.25, 0.3) is 0 Å². The van der Waals surface area contributed by atoms with E-state index in [4.69, 9.17) is 5.73 Å². The summed E-state index contributed by atoms with van der Waals surface area (Å²) in [5.41, 5.74) is 8.79. The van der Waals surface area contributed by atoms with E-state index < -0.39 is 0 Å². The zero-order chi connectivity index (χ0) is 10.8. The molecule has 0 aliphatic carbocycles. The van der Waals surface area contributed by atoms with Crippen molar-refractivity contribution in [2.24, 2.45) is 5.73 Å². The van der Waals surface area contributed by atoms with Crippen LogP contribution in [0.2, 0.25) is 0 Å². The van der Waals surface area contributed by atoms with Crippen LogP contribution in [0.1, 0.15) is 51.3 Å². The molecule has 0 fully saturated rings. The van der Waals surface area contributed by atoms with E-state index in [9.17, 15) is 0 Å². The third kappa shape index (κ3) is 2.58. The lowest BCUT2D eigenvalue weighted by Gasteiger charge is -2.20. The van der Waals surface area contributed by atoms with Crippen molar-refractivity contribution in [3.63, 3.8) is 0 Å². The van der Waals surface area contributed by atoms with Gasteiger partial charge in [-0.3, -0.25) is 0 Å². The van der Waals surface area contributed by atoms with Crippen LogP contribution in [-0.2, 0) is 5.41 Å². The normalized spacial score (nSPS) is 14.1. The summed E-state index contributed by atoms with van der Waals surface area (Å²) in [6.45, 7) is 8.79. The lowest BCUT2D eigenvalue weighted by Crippen LogP contribution is -2.12. The number of hydrogen-bond donors (Lipinski definition) is 1. The molecule has 0 radical (unpaired) electrons. The zero-order valence-corrected chi connectivity index (χ0v) is 9.67. The van der Waals surface area contributed by atoms with E-state index in [1.54, 1.807) is 0 Å². The van der Waals surface area contributed by atoms with E-state index in [0.717, 1.165) is 6.42 Å². The molecule has 0 spiro atoms. The standard InChI is InChI=1S/C13H21N/c1-5-12(14)10-6-8-11(9-7-10)13(2,3)4/h6-9,12H,5,14H2,1-4H3/t12-/m0/s1. The molecule has 1 nitrogen and oxygen atoms in total. The van der Waals surface area contributed by atoms with Crippen LogP contribution >= 0.6 is 0 Å². The predicted octanol–water partition coefficient (Wildman–Crippen LogP) is 3.39. The lowest BCUT2D eigenvalue weighted by molar-refractivity contribution is 0.589. The van der Waals surface area contributed by atoms with Gasteiger partial charge >= 0.3 is 0 Å². The molecule has 0 saturated heterocycles. The van der Waals surface area contributed by atoms with E-state index in [1.165, 1.54) is 11.1 Å². The van der Waals surface area contributed by atoms with Gasteiger partial charge in [-0.05, 0) is 23.0 Å². The van der Waals surface area contributed by atoms with Crippen LogP contribution in [-0.4, -0.2) is 0 Å². The Morgan fingerprint density at radius 3 is 2.00 bits per heavy atom. The molecule has 1 atom stereocenters. The molecule has 0 saturated carbocycles. The highest BCUT2D eigenvalue weighted by atomic mass is 14.6. The fourth-order valence-corrected chi connectivity index (χ4v) is 1.47. The van der Waals surface area contributed by atoms with Crippen molar-refractivity contribution >= 4 is 0 Å². The van der Waals surface area contributed by atoms with E-state index >= 15 is 0 Å².